The summed E-state index contributed by atoms with van der Waals surface area (Å²) in [6, 6.07) is 19.7. The third-order valence-corrected chi connectivity index (χ3v) is 5.29. The lowest BCUT2D eigenvalue weighted by Gasteiger charge is -2.18. The first-order valence-electron chi connectivity index (χ1n) is 9.76. The molecule has 0 aromatic heterocycles. The van der Waals surface area contributed by atoms with Gasteiger partial charge in [0.2, 0.25) is 0 Å². The zero-order valence-electron chi connectivity index (χ0n) is 17.4. The Morgan fingerprint density at radius 1 is 0.871 bits per heavy atom. The molecule has 1 heterocycles. The van der Waals surface area contributed by atoms with Crippen molar-refractivity contribution in [1.82, 2.24) is 0 Å². The summed E-state index contributed by atoms with van der Waals surface area (Å²) in [5, 5.41) is 3.74. The number of aryl methyl sites for hydroxylation is 2. The minimum Gasteiger partial charge on any atom is -0.495 e. The average molecular weight is 433 g/mol. The Bertz CT molecular complexity index is 1200. The normalized spacial score (nSPS) is 13.7. The van der Waals surface area contributed by atoms with Crippen LogP contribution in [-0.4, -0.2) is 18.9 Å². The lowest BCUT2D eigenvalue weighted by atomic mass is 10.0. The van der Waals surface area contributed by atoms with Crippen molar-refractivity contribution in [1.29, 1.82) is 0 Å². The maximum atomic E-state index is 13.5. The summed E-state index contributed by atoms with van der Waals surface area (Å²) in [5.74, 6) is -0.436. The van der Waals surface area contributed by atoms with Gasteiger partial charge >= 0.3 is 0 Å². The zero-order valence-corrected chi connectivity index (χ0v) is 18.2. The van der Waals surface area contributed by atoms with Gasteiger partial charge in [0.25, 0.3) is 11.8 Å². The molecule has 1 aliphatic rings. The van der Waals surface area contributed by atoms with E-state index >= 15 is 0 Å². The molecule has 0 bridgehead atoms. The monoisotopic (exact) mass is 432 g/mol. The molecule has 4 rings (SSSR count). The van der Waals surface area contributed by atoms with E-state index in [9.17, 15) is 9.59 Å². The molecule has 6 heteroatoms. The van der Waals surface area contributed by atoms with Crippen LogP contribution in [0.3, 0.4) is 0 Å². The van der Waals surface area contributed by atoms with E-state index in [0.717, 1.165) is 21.7 Å². The molecule has 0 saturated carbocycles. The fraction of sp³-hybridized carbons (Fsp3) is 0.120. The standard InChI is InChI=1S/C25H21ClN2O3/c1-15-12-16(2)14-19(13-15)27-23-22(17-8-10-18(26)11-9-17)24(29)28(25(23)30)20-6-4-5-7-21(20)31-3/h4-14,27H,1-3H3. The molecular formula is C25H21ClN2O3. The second kappa shape index (κ2) is 8.28. The average Bonchev–Trinajstić information content (AvgIpc) is 2.97. The van der Waals surface area contributed by atoms with Crippen LogP contribution in [0.2, 0.25) is 5.02 Å². The van der Waals surface area contributed by atoms with Gasteiger partial charge in [0.1, 0.15) is 11.4 Å². The van der Waals surface area contributed by atoms with Crippen molar-refractivity contribution in [2.75, 3.05) is 17.3 Å². The van der Waals surface area contributed by atoms with E-state index in [4.69, 9.17) is 16.3 Å². The van der Waals surface area contributed by atoms with Gasteiger partial charge in [-0.05, 0) is 66.9 Å². The molecular weight excluding hydrogens is 412 g/mol. The van der Waals surface area contributed by atoms with Crippen LogP contribution in [0.15, 0.2) is 72.4 Å². The van der Waals surface area contributed by atoms with E-state index in [1.807, 2.05) is 32.0 Å². The van der Waals surface area contributed by atoms with Crippen LogP contribution in [0.1, 0.15) is 16.7 Å². The number of carbonyl (C=O) groups excluding carboxylic acids is 2. The first-order chi connectivity index (χ1) is 14.9. The Morgan fingerprint density at radius 2 is 1.52 bits per heavy atom. The van der Waals surface area contributed by atoms with Crippen molar-refractivity contribution in [2.24, 2.45) is 0 Å². The fourth-order valence-corrected chi connectivity index (χ4v) is 3.88. The van der Waals surface area contributed by atoms with Gasteiger partial charge in [-0.15, -0.1) is 0 Å². The van der Waals surface area contributed by atoms with E-state index in [-0.39, 0.29) is 11.3 Å². The number of imide groups is 1. The first-order valence-corrected chi connectivity index (χ1v) is 10.1. The Labute approximate surface area is 185 Å². The molecule has 1 N–H and O–H groups in total. The topological polar surface area (TPSA) is 58.6 Å². The lowest BCUT2D eigenvalue weighted by Crippen LogP contribution is -2.32. The number of amides is 2. The van der Waals surface area contributed by atoms with Crippen molar-refractivity contribution < 1.29 is 14.3 Å². The van der Waals surface area contributed by atoms with E-state index in [0.29, 0.717) is 22.0 Å². The highest BCUT2D eigenvalue weighted by Crippen LogP contribution is 2.38. The lowest BCUT2D eigenvalue weighted by molar-refractivity contribution is -0.120. The second-order valence-corrected chi connectivity index (χ2v) is 7.81. The Hall–Kier alpha value is -3.57. The van der Waals surface area contributed by atoms with Gasteiger partial charge < -0.3 is 10.1 Å². The molecule has 5 nitrogen and oxygen atoms in total. The van der Waals surface area contributed by atoms with Gasteiger partial charge in [0.05, 0.1) is 18.4 Å². The quantitative estimate of drug-likeness (QED) is 0.551. The van der Waals surface area contributed by atoms with Crippen molar-refractivity contribution in [2.45, 2.75) is 13.8 Å². The third-order valence-electron chi connectivity index (χ3n) is 5.03. The molecule has 3 aromatic carbocycles. The molecule has 0 saturated heterocycles. The molecule has 0 aliphatic carbocycles. The van der Waals surface area contributed by atoms with Crippen LogP contribution in [0.5, 0.6) is 5.75 Å². The second-order valence-electron chi connectivity index (χ2n) is 7.38. The van der Waals surface area contributed by atoms with E-state index in [1.54, 1.807) is 48.5 Å². The van der Waals surface area contributed by atoms with E-state index in [1.165, 1.54) is 7.11 Å². The molecule has 3 aromatic rings. The predicted molar refractivity (Wildman–Crippen MR) is 123 cm³/mol. The summed E-state index contributed by atoms with van der Waals surface area (Å²) >= 11 is 6.04. The number of anilines is 2. The van der Waals surface area contributed by atoms with Crippen molar-refractivity contribution in [3.8, 4) is 5.75 Å². The summed E-state index contributed by atoms with van der Waals surface area (Å²) < 4.78 is 5.39. The maximum absolute atomic E-state index is 13.5. The van der Waals surface area contributed by atoms with Gasteiger partial charge in [0.15, 0.2) is 0 Å². The number of benzene rings is 3. The number of nitrogens with one attached hydrogen (secondary N) is 1. The number of ether oxygens (including phenoxy) is 1. The molecule has 1 aliphatic heterocycles. The van der Waals surface area contributed by atoms with Gasteiger partial charge in [0, 0.05) is 10.7 Å². The van der Waals surface area contributed by atoms with Gasteiger partial charge in [-0.3, -0.25) is 9.59 Å². The summed E-state index contributed by atoms with van der Waals surface area (Å²) in [4.78, 5) is 28.2. The van der Waals surface area contributed by atoms with Gasteiger partial charge in [-0.2, -0.15) is 0 Å². The number of para-hydroxylation sites is 2. The zero-order chi connectivity index (χ0) is 22.1. The predicted octanol–water partition coefficient (Wildman–Crippen LogP) is 5.36. The Kier molecular flexibility index (Phi) is 5.53. The Balaban J connectivity index is 1.86. The number of rotatable bonds is 5. The van der Waals surface area contributed by atoms with E-state index < -0.39 is 11.8 Å². The van der Waals surface area contributed by atoms with Crippen LogP contribution in [0.25, 0.3) is 5.57 Å². The highest BCUT2D eigenvalue weighted by Gasteiger charge is 2.41. The highest BCUT2D eigenvalue weighted by molar-refractivity contribution is 6.46. The summed E-state index contributed by atoms with van der Waals surface area (Å²) in [6.07, 6.45) is 0. The SMILES string of the molecule is COc1ccccc1N1C(=O)C(Nc2cc(C)cc(C)c2)=C(c2ccc(Cl)cc2)C1=O. The van der Waals surface area contributed by atoms with Crippen LogP contribution < -0.4 is 15.0 Å². The highest BCUT2D eigenvalue weighted by atomic mass is 35.5. The molecule has 2 amide bonds. The molecule has 0 radical (unpaired) electrons. The van der Waals surface area contributed by atoms with Gasteiger partial charge in [-0.25, -0.2) is 4.90 Å². The van der Waals surface area contributed by atoms with Crippen LogP contribution >= 0.6 is 11.6 Å². The third kappa shape index (κ3) is 3.92. The van der Waals surface area contributed by atoms with Crippen molar-refractivity contribution >= 4 is 40.4 Å². The minimum atomic E-state index is -0.446. The summed E-state index contributed by atoms with van der Waals surface area (Å²) in [7, 11) is 1.51. The molecule has 156 valence electrons. The first kappa shape index (κ1) is 20.7. The molecule has 0 spiro atoms. The number of halogens is 1. The van der Waals surface area contributed by atoms with E-state index in [2.05, 4.69) is 5.32 Å². The summed E-state index contributed by atoms with van der Waals surface area (Å²) in [5.41, 5.74) is 4.33. The molecule has 0 unspecified atom stereocenters. The van der Waals surface area contributed by atoms with Crippen LogP contribution in [0.4, 0.5) is 11.4 Å². The number of nitrogens with zero attached hydrogens (tertiary/aromatic N) is 1. The maximum Gasteiger partial charge on any atom is 0.282 e. The largest absolute Gasteiger partial charge is 0.495 e. The molecule has 0 fully saturated rings. The van der Waals surface area contributed by atoms with Crippen LogP contribution in [0, 0.1) is 13.8 Å². The fourth-order valence-electron chi connectivity index (χ4n) is 3.75. The number of hydrogen-bond donors (Lipinski definition) is 1. The molecule has 31 heavy (non-hydrogen) atoms. The number of hydrogen-bond acceptors (Lipinski definition) is 4. The smallest absolute Gasteiger partial charge is 0.282 e. The van der Waals surface area contributed by atoms with Crippen molar-refractivity contribution in [3.05, 3.63) is 94.1 Å². The molecule has 0 atom stereocenters. The van der Waals surface area contributed by atoms with Crippen molar-refractivity contribution in [3.63, 3.8) is 0 Å². The number of carbonyl (C=O) groups is 2. The van der Waals surface area contributed by atoms with Gasteiger partial charge in [-0.1, -0.05) is 41.9 Å². The van der Waals surface area contributed by atoms with Crippen LogP contribution in [-0.2, 0) is 9.59 Å². The summed E-state index contributed by atoms with van der Waals surface area (Å²) in [6.45, 7) is 3.96. The Morgan fingerprint density at radius 3 is 2.16 bits per heavy atom. The number of methoxy groups -OCH3 is 1. The minimum absolute atomic E-state index is 0.211.